The highest BCUT2D eigenvalue weighted by Crippen LogP contribution is 2.39. The molecule has 0 N–H and O–H groups in total. The van der Waals surface area contributed by atoms with Crippen molar-refractivity contribution in [2.24, 2.45) is 0 Å². The summed E-state index contributed by atoms with van der Waals surface area (Å²) >= 11 is 1.93. The molecule has 0 atom stereocenters. The smallest absolute Gasteiger partial charge is 0.127 e. The molecule has 0 spiro atoms. The maximum Gasteiger partial charge on any atom is 0.127 e. The molecule has 0 bridgehead atoms. The molecule has 1 aliphatic heterocycles. The number of piperidine rings is 1. The van der Waals surface area contributed by atoms with E-state index in [9.17, 15) is 0 Å². The molecule has 1 saturated carbocycles. The first kappa shape index (κ1) is 21.9. The van der Waals surface area contributed by atoms with Crippen molar-refractivity contribution in [3.8, 4) is 0 Å². The van der Waals surface area contributed by atoms with E-state index in [4.69, 9.17) is 9.97 Å². The average Bonchev–Trinajstić information content (AvgIpc) is 3.05. The van der Waals surface area contributed by atoms with E-state index in [1.807, 2.05) is 18.3 Å². The standard InChI is InChI=1S/C20H29N3S.2ClH/c1-15-21-18(10-13-23-11-6-3-7-12-23)17-14-19(24-20(17)22-15)16-8-4-2-5-9-16;;/h14,16H,2-13H2,1H3;2*1H. The molecule has 3 heterocycles. The minimum atomic E-state index is 0. The number of aryl methyl sites for hydroxylation is 1. The molecule has 1 aliphatic carbocycles. The van der Waals surface area contributed by atoms with Crippen molar-refractivity contribution >= 4 is 46.4 Å². The van der Waals surface area contributed by atoms with E-state index in [0.29, 0.717) is 0 Å². The molecular weight excluding hydrogens is 385 g/mol. The highest BCUT2D eigenvalue weighted by Gasteiger charge is 2.20. The van der Waals surface area contributed by atoms with Crippen LogP contribution in [-0.2, 0) is 6.42 Å². The van der Waals surface area contributed by atoms with Crippen LogP contribution in [0.2, 0.25) is 0 Å². The lowest BCUT2D eigenvalue weighted by atomic mass is 9.88. The van der Waals surface area contributed by atoms with Crippen LogP contribution in [0.1, 0.15) is 73.7 Å². The van der Waals surface area contributed by atoms with Gasteiger partial charge in [-0.15, -0.1) is 36.2 Å². The fourth-order valence-electron chi connectivity index (χ4n) is 4.34. The minimum Gasteiger partial charge on any atom is -0.303 e. The molecule has 2 fully saturated rings. The number of halogens is 2. The molecule has 146 valence electrons. The number of aromatic nitrogens is 2. The predicted octanol–water partition coefficient (Wildman–Crippen LogP) is 5.92. The second-order valence-electron chi connectivity index (χ2n) is 7.57. The van der Waals surface area contributed by atoms with Gasteiger partial charge in [0.25, 0.3) is 0 Å². The Morgan fingerprint density at radius 1 is 1.00 bits per heavy atom. The van der Waals surface area contributed by atoms with E-state index in [1.54, 1.807) is 4.88 Å². The first-order valence-electron chi connectivity index (χ1n) is 9.79. The molecule has 2 aromatic heterocycles. The molecule has 0 unspecified atom stereocenters. The summed E-state index contributed by atoms with van der Waals surface area (Å²) in [7, 11) is 0. The van der Waals surface area contributed by atoms with E-state index in [0.717, 1.165) is 24.7 Å². The average molecular weight is 416 g/mol. The fourth-order valence-corrected chi connectivity index (χ4v) is 5.61. The van der Waals surface area contributed by atoms with Gasteiger partial charge in [0.1, 0.15) is 10.7 Å². The summed E-state index contributed by atoms with van der Waals surface area (Å²) in [6.45, 7) is 5.73. The number of rotatable bonds is 4. The molecule has 6 heteroatoms. The van der Waals surface area contributed by atoms with Crippen LogP contribution in [0.15, 0.2) is 6.07 Å². The van der Waals surface area contributed by atoms with Gasteiger partial charge in [-0.2, -0.15) is 0 Å². The van der Waals surface area contributed by atoms with Crippen molar-refractivity contribution in [3.63, 3.8) is 0 Å². The van der Waals surface area contributed by atoms with Crippen molar-refractivity contribution < 1.29 is 0 Å². The molecular formula is C20H31Cl2N3S. The van der Waals surface area contributed by atoms with Crippen molar-refractivity contribution in [1.29, 1.82) is 0 Å². The molecule has 0 radical (unpaired) electrons. The Morgan fingerprint density at radius 3 is 2.42 bits per heavy atom. The fraction of sp³-hybridized carbons (Fsp3) is 0.700. The maximum atomic E-state index is 4.81. The lowest BCUT2D eigenvalue weighted by Gasteiger charge is -2.26. The molecule has 4 rings (SSSR count). The third kappa shape index (κ3) is 5.09. The number of fused-ring (bicyclic) bond motifs is 1. The van der Waals surface area contributed by atoms with Crippen LogP contribution in [0.5, 0.6) is 0 Å². The molecule has 3 nitrogen and oxygen atoms in total. The zero-order valence-electron chi connectivity index (χ0n) is 15.7. The summed E-state index contributed by atoms with van der Waals surface area (Å²) in [5, 5.41) is 1.34. The van der Waals surface area contributed by atoms with E-state index in [-0.39, 0.29) is 24.8 Å². The van der Waals surface area contributed by atoms with Crippen LogP contribution in [-0.4, -0.2) is 34.5 Å². The quantitative estimate of drug-likeness (QED) is 0.620. The van der Waals surface area contributed by atoms with Gasteiger partial charge >= 0.3 is 0 Å². The number of likely N-dealkylation sites (tertiary alicyclic amines) is 1. The SMILES string of the molecule is Cc1nc(CCN2CCCCC2)c2cc(C3CCCCC3)sc2n1.Cl.Cl. The number of nitrogens with zero attached hydrogens (tertiary/aromatic N) is 3. The van der Waals surface area contributed by atoms with E-state index < -0.39 is 0 Å². The molecule has 26 heavy (non-hydrogen) atoms. The summed E-state index contributed by atoms with van der Waals surface area (Å²) in [6, 6.07) is 2.43. The van der Waals surface area contributed by atoms with Crippen LogP contribution in [0.4, 0.5) is 0 Å². The molecule has 2 aromatic rings. The van der Waals surface area contributed by atoms with Crippen LogP contribution < -0.4 is 0 Å². The zero-order chi connectivity index (χ0) is 16.4. The number of hydrogen-bond acceptors (Lipinski definition) is 4. The first-order valence-corrected chi connectivity index (χ1v) is 10.6. The van der Waals surface area contributed by atoms with Crippen molar-refractivity contribution in [2.75, 3.05) is 19.6 Å². The van der Waals surface area contributed by atoms with Crippen molar-refractivity contribution in [1.82, 2.24) is 14.9 Å². The molecule has 0 amide bonds. The number of hydrogen-bond donors (Lipinski definition) is 0. The van der Waals surface area contributed by atoms with Gasteiger partial charge in [0, 0.05) is 23.2 Å². The summed E-state index contributed by atoms with van der Waals surface area (Å²) in [5.74, 6) is 1.71. The summed E-state index contributed by atoms with van der Waals surface area (Å²) < 4.78 is 0. The Hall–Kier alpha value is -0.420. The highest BCUT2D eigenvalue weighted by atomic mass is 35.5. The minimum absolute atomic E-state index is 0. The Kier molecular flexibility index (Phi) is 8.59. The lowest BCUT2D eigenvalue weighted by Crippen LogP contribution is -2.31. The molecule has 1 saturated heterocycles. The Morgan fingerprint density at radius 2 is 1.69 bits per heavy atom. The van der Waals surface area contributed by atoms with Crippen LogP contribution in [0.3, 0.4) is 0 Å². The van der Waals surface area contributed by atoms with Crippen LogP contribution >= 0.6 is 36.2 Å². The van der Waals surface area contributed by atoms with Crippen molar-refractivity contribution in [2.45, 2.75) is 70.6 Å². The summed E-state index contributed by atoms with van der Waals surface area (Å²) in [5.41, 5.74) is 1.28. The molecule has 2 aliphatic rings. The summed E-state index contributed by atoms with van der Waals surface area (Å²) in [6.07, 6.45) is 12.1. The summed E-state index contributed by atoms with van der Waals surface area (Å²) in [4.78, 5) is 14.9. The van der Waals surface area contributed by atoms with Gasteiger partial charge in [0.2, 0.25) is 0 Å². The van der Waals surface area contributed by atoms with Crippen molar-refractivity contribution in [3.05, 3.63) is 22.5 Å². The Labute approximate surface area is 173 Å². The highest BCUT2D eigenvalue weighted by molar-refractivity contribution is 7.18. The Bertz CT molecular complexity index is 692. The maximum absolute atomic E-state index is 4.81. The lowest BCUT2D eigenvalue weighted by molar-refractivity contribution is 0.231. The zero-order valence-corrected chi connectivity index (χ0v) is 18.2. The van der Waals surface area contributed by atoms with Gasteiger partial charge in [0.15, 0.2) is 0 Å². The second-order valence-corrected chi connectivity index (χ2v) is 8.63. The van der Waals surface area contributed by atoms with Crippen LogP contribution in [0, 0.1) is 6.92 Å². The van der Waals surface area contributed by atoms with Gasteiger partial charge in [-0.05, 0) is 57.7 Å². The monoisotopic (exact) mass is 415 g/mol. The topological polar surface area (TPSA) is 29.0 Å². The molecule has 0 aromatic carbocycles. The number of thiophene rings is 1. The largest absolute Gasteiger partial charge is 0.303 e. The van der Waals surface area contributed by atoms with E-state index >= 15 is 0 Å². The second kappa shape index (κ2) is 10.2. The van der Waals surface area contributed by atoms with Gasteiger partial charge in [-0.25, -0.2) is 9.97 Å². The Balaban J connectivity index is 0.00000121. The van der Waals surface area contributed by atoms with Gasteiger partial charge in [-0.1, -0.05) is 25.7 Å². The van der Waals surface area contributed by atoms with E-state index in [1.165, 1.54) is 80.4 Å². The van der Waals surface area contributed by atoms with E-state index in [2.05, 4.69) is 11.0 Å². The van der Waals surface area contributed by atoms with Gasteiger partial charge in [0.05, 0.1) is 5.69 Å². The van der Waals surface area contributed by atoms with Gasteiger partial charge < -0.3 is 4.90 Å². The van der Waals surface area contributed by atoms with Crippen LogP contribution in [0.25, 0.3) is 10.2 Å². The van der Waals surface area contributed by atoms with Gasteiger partial charge in [-0.3, -0.25) is 0 Å². The normalized spacial score (nSPS) is 19.1. The predicted molar refractivity (Wildman–Crippen MR) is 116 cm³/mol. The third-order valence-corrected chi connectivity index (χ3v) is 6.92. The third-order valence-electron chi connectivity index (χ3n) is 5.72. The first-order chi connectivity index (χ1) is 11.8.